The zero-order chi connectivity index (χ0) is 18.5. The number of nitrogens with two attached hydrogens (primary N) is 1. The molecule has 0 bridgehead atoms. The van der Waals surface area contributed by atoms with Gasteiger partial charge in [-0.05, 0) is 43.4 Å². The summed E-state index contributed by atoms with van der Waals surface area (Å²) in [6.45, 7) is 2.03. The van der Waals surface area contributed by atoms with Crippen molar-refractivity contribution in [2.75, 3.05) is 7.11 Å². The molecule has 4 nitrogen and oxygen atoms in total. The van der Waals surface area contributed by atoms with E-state index in [2.05, 4.69) is 29.6 Å². The Morgan fingerprint density at radius 2 is 1.88 bits per heavy atom. The molecule has 3 atom stereocenters. The second-order valence-electron chi connectivity index (χ2n) is 7.18. The van der Waals surface area contributed by atoms with E-state index in [0.717, 1.165) is 48.1 Å². The van der Waals surface area contributed by atoms with Crippen molar-refractivity contribution in [3.8, 4) is 16.9 Å². The summed E-state index contributed by atoms with van der Waals surface area (Å²) in [7, 11) is 1.68. The molecule has 0 radical (unpaired) electrons. The van der Waals surface area contributed by atoms with Gasteiger partial charge in [0.1, 0.15) is 5.75 Å². The fraction of sp³-hybridized carbons (Fsp3) is 0.409. The first kappa shape index (κ1) is 18.5. The number of hydrogen-bond donors (Lipinski definition) is 2. The highest BCUT2D eigenvalue weighted by Crippen LogP contribution is 2.30. The molecule has 2 aromatic rings. The second kappa shape index (κ2) is 8.37. The van der Waals surface area contributed by atoms with Crippen LogP contribution < -0.4 is 15.8 Å². The minimum Gasteiger partial charge on any atom is -0.496 e. The first-order valence-electron chi connectivity index (χ1n) is 9.37. The van der Waals surface area contributed by atoms with E-state index >= 15 is 0 Å². The van der Waals surface area contributed by atoms with Crippen molar-refractivity contribution in [2.24, 2.45) is 11.7 Å². The lowest BCUT2D eigenvalue weighted by atomic mass is 9.85. The van der Waals surface area contributed by atoms with E-state index < -0.39 is 0 Å². The molecule has 0 aliphatic heterocycles. The van der Waals surface area contributed by atoms with Crippen LogP contribution in [-0.2, 0) is 4.79 Å². The molecule has 3 N–H and O–H groups in total. The van der Waals surface area contributed by atoms with Gasteiger partial charge in [0, 0.05) is 17.5 Å². The highest BCUT2D eigenvalue weighted by molar-refractivity contribution is 5.79. The number of benzene rings is 2. The van der Waals surface area contributed by atoms with Gasteiger partial charge in [0.15, 0.2) is 0 Å². The summed E-state index contributed by atoms with van der Waals surface area (Å²) in [5, 5.41) is 3.15. The maximum absolute atomic E-state index is 12.5. The number of nitrogens with one attached hydrogen (secondary N) is 1. The lowest BCUT2D eigenvalue weighted by Crippen LogP contribution is -2.38. The Morgan fingerprint density at radius 1 is 1.15 bits per heavy atom. The van der Waals surface area contributed by atoms with Crippen LogP contribution in [0.2, 0.25) is 0 Å². The highest BCUT2D eigenvalue weighted by atomic mass is 16.5. The lowest BCUT2D eigenvalue weighted by molar-refractivity contribution is -0.126. The maximum atomic E-state index is 12.5. The Bertz CT molecular complexity index is 742. The number of methoxy groups -OCH3 is 1. The Labute approximate surface area is 155 Å². The molecule has 3 unspecified atom stereocenters. The number of ether oxygens (including phenoxy) is 1. The van der Waals surface area contributed by atoms with Gasteiger partial charge >= 0.3 is 0 Å². The predicted octanol–water partition coefficient (Wildman–Crippen LogP) is 4.06. The minimum absolute atomic E-state index is 0.0210. The molecule has 2 aromatic carbocycles. The van der Waals surface area contributed by atoms with E-state index in [1.807, 2.05) is 31.2 Å². The average Bonchev–Trinajstić information content (AvgIpc) is 2.68. The van der Waals surface area contributed by atoms with Crippen LogP contribution in [0.25, 0.3) is 11.1 Å². The maximum Gasteiger partial charge on any atom is 0.223 e. The van der Waals surface area contributed by atoms with Gasteiger partial charge in [-0.3, -0.25) is 4.79 Å². The SMILES string of the molecule is COc1ccccc1-c1ccc(C(C)NC(=O)C2CCCC(N)C2)cc1. The molecule has 1 saturated carbocycles. The minimum atomic E-state index is -0.0210. The van der Waals surface area contributed by atoms with Crippen LogP contribution in [-0.4, -0.2) is 19.1 Å². The quantitative estimate of drug-likeness (QED) is 0.853. The summed E-state index contributed by atoms with van der Waals surface area (Å²) < 4.78 is 5.44. The monoisotopic (exact) mass is 352 g/mol. The van der Waals surface area contributed by atoms with E-state index in [-0.39, 0.29) is 23.9 Å². The molecule has 0 saturated heterocycles. The third-order valence-electron chi connectivity index (χ3n) is 5.27. The molecular formula is C22H28N2O2. The van der Waals surface area contributed by atoms with E-state index in [0.29, 0.717) is 0 Å². The zero-order valence-electron chi connectivity index (χ0n) is 15.6. The van der Waals surface area contributed by atoms with Crippen molar-refractivity contribution in [1.82, 2.24) is 5.32 Å². The Hall–Kier alpha value is -2.33. The summed E-state index contributed by atoms with van der Waals surface area (Å²) in [5.74, 6) is 1.03. The summed E-state index contributed by atoms with van der Waals surface area (Å²) in [5.41, 5.74) is 9.27. The first-order chi connectivity index (χ1) is 12.6. The van der Waals surface area contributed by atoms with Crippen LogP contribution in [0.15, 0.2) is 48.5 Å². The summed E-state index contributed by atoms with van der Waals surface area (Å²) in [6.07, 6.45) is 3.81. The van der Waals surface area contributed by atoms with Crippen LogP contribution in [0, 0.1) is 5.92 Å². The summed E-state index contributed by atoms with van der Waals surface area (Å²) in [6, 6.07) is 16.4. The molecule has 4 heteroatoms. The third kappa shape index (κ3) is 4.25. The summed E-state index contributed by atoms with van der Waals surface area (Å²) >= 11 is 0. The van der Waals surface area contributed by atoms with E-state index in [9.17, 15) is 4.79 Å². The average molecular weight is 352 g/mol. The fourth-order valence-corrected chi connectivity index (χ4v) is 3.71. The highest BCUT2D eigenvalue weighted by Gasteiger charge is 2.26. The largest absolute Gasteiger partial charge is 0.496 e. The molecule has 1 aliphatic carbocycles. The zero-order valence-corrected chi connectivity index (χ0v) is 15.6. The van der Waals surface area contributed by atoms with E-state index in [4.69, 9.17) is 10.5 Å². The van der Waals surface area contributed by atoms with Crippen molar-refractivity contribution in [2.45, 2.75) is 44.7 Å². The van der Waals surface area contributed by atoms with Gasteiger partial charge in [0.2, 0.25) is 5.91 Å². The molecule has 3 rings (SSSR count). The van der Waals surface area contributed by atoms with Crippen molar-refractivity contribution < 1.29 is 9.53 Å². The number of carbonyl (C=O) groups excluding carboxylic acids is 1. The Kier molecular flexibility index (Phi) is 5.94. The molecule has 0 spiro atoms. The van der Waals surface area contributed by atoms with Crippen LogP contribution in [0.5, 0.6) is 5.75 Å². The van der Waals surface area contributed by atoms with Crippen LogP contribution >= 0.6 is 0 Å². The summed E-state index contributed by atoms with van der Waals surface area (Å²) in [4.78, 5) is 12.5. The standard InChI is InChI=1S/C22H28N2O2/c1-15(24-22(25)18-6-5-7-19(23)14-18)16-10-12-17(13-11-16)20-8-3-4-9-21(20)26-2/h3-4,8-13,15,18-19H,5-7,14,23H2,1-2H3,(H,24,25). The molecule has 138 valence electrons. The van der Waals surface area contributed by atoms with Gasteiger partial charge in [-0.2, -0.15) is 0 Å². The Morgan fingerprint density at radius 3 is 2.58 bits per heavy atom. The number of hydrogen-bond acceptors (Lipinski definition) is 3. The fourth-order valence-electron chi connectivity index (χ4n) is 3.71. The van der Waals surface area contributed by atoms with Crippen molar-refractivity contribution >= 4 is 5.91 Å². The van der Waals surface area contributed by atoms with Crippen LogP contribution in [0.4, 0.5) is 0 Å². The van der Waals surface area contributed by atoms with Crippen LogP contribution in [0.1, 0.15) is 44.2 Å². The van der Waals surface area contributed by atoms with Gasteiger partial charge in [0.05, 0.1) is 13.2 Å². The third-order valence-corrected chi connectivity index (χ3v) is 5.27. The van der Waals surface area contributed by atoms with Gasteiger partial charge in [-0.1, -0.05) is 48.9 Å². The predicted molar refractivity (Wildman–Crippen MR) is 105 cm³/mol. The lowest BCUT2D eigenvalue weighted by Gasteiger charge is -2.27. The van der Waals surface area contributed by atoms with Crippen molar-refractivity contribution in [1.29, 1.82) is 0 Å². The number of carbonyl (C=O) groups is 1. The number of rotatable bonds is 5. The van der Waals surface area contributed by atoms with Gasteiger partial charge in [0.25, 0.3) is 0 Å². The molecule has 1 fully saturated rings. The molecule has 1 aliphatic rings. The molecule has 1 amide bonds. The molecule has 0 aromatic heterocycles. The van der Waals surface area contributed by atoms with Crippen molar-refractivity contribution in [3.63, 3.8) is 0 Å². The number of amides is 1. The van der Waals surface area contributed by atoms with Gasteiger partial charge in [-0.15, -0.1) is 0 Å². The smallest absolute Gasteiger partial charge is 0.223 e. The van der Waals surface area contributed by atoms with E-state index in [1.165, 1.54) is 0 Å². The van der Waals surface area contributed by atoms with E-state index in [1.54, 1.807) is 7.11 Å². The number of para-hydroxylation sites is 1. The normalized spacial score (nSPS) is 21.0. The molecular weight excluding hydrogens is 324 g/mol. The second-order valence-corrected chi connectivity index (χ2v) is 7.18. The van der Waals surface area contributed by atoms with Gasteiger partial charge < -0.3 is 15.8 Å². The molecule has 0 heterocycles. The molecule has 26 heavy (non-hydrogen) atoms. The van der Waals surface area contributed by atoms with Crippen molar-refractivity contribution in [3.05, 3.63) is 54.1 Å². The van der Waals surface area contributed by atoms with Gasteiger partial charge in [-0.25, -0.2) is 0 Å². The van der Waals surface area contributed by atoms with Crippen LogP contribution in [0.3, 0.4) is 0 Å². The topological polar surface area (TPSA) is 64.3 Å². The first-order valence-corrected chi connectivity index (χ1v) is 9.37. The Balaban J connectivity index is 1.67.